The number of benzene rings is 5. The molecule has 0 bridgehead atoms. The van der Waals surface area contributed by atoms with Crippen LogP contribution in [0.3, 0.4) is 0 Å². The summed E-state index contributed by atoms with van der Waals surface area (Å²) in [5.41, 5.74) is 8.74. The van der Waals surface area contributed by atoms with Gasteiger partial charge in [0, 0.05) is 42.6 Å². The molecule has 0 radical (unpaired) electrons. The zero-order valence-corrected chi connectivity index (χ0v) is 29.1. The Morgan fingerprint density at radius 1 is 0.596 bits per heavy atom. The van der Waals surface area contributed by atoms with Crippen molar-refractivity contribution in [2.24, 2.45) is 11.8 Å². The Balaban J connectivity index is 1.39. The molecule has 0 N–H and O–H groups in total. The minimum absolute atomic E-state index is 0.362. The molecule has 0 aliphatic carbocycles. The van der Waals surface area contributed by atoms with Crippen LogP contribution in [-0.2, 0) is 19.5 Å². The van der Waals surface area contributed by atoms with Gasteiger partial charge in [-0.05, 0) is 101 Å². The van der Waals surface area contributed by atoms with E-state index in [1.807, 2.05) is 24.3 Å². The first-order valence-corrected chi connectivity index (χ1v) is 16.9. The third kappa shape index (κ3) is 9.56. The second-order valence-electron chi connectivity index (χ2n) is 12.8. The van der Waals surface area contributed by atoms with Crippen LogP contribution in [0, 0.1) is 11.8 Å². The molecule has 0 saturated carbocycles. The van der Waals surface area contributed by atoms with Gasteiger partial charge in [0.15, 0.2) is 0 Å². The Hall–Kier alpha value is -4.41. The lowest BCUT2D eigenvalue weighted by Gasteiger charge is -2.32. The van der Waals surface area contributed by atoms with Crippen LogP contribution in [0.5, 0.6) is 11.5 Å². The molecule has 0 aromatic heterocycles. The average Bonchev–Trinajstić information content (AvgIpc) is 3.09. The van der Waals surface area contributed by atoms with Gasteiger partial charge in [0.25, 0.3) is 0 Å². The number of halogens is 1. The van der Waals surface area contributed by atoms with Crippen LogP contribution in [-0.4, -0.2) is 27.3 Å². The van der Waals surface area contributed by atoms with E-state index in [9.17, 15) is 0 Å². The second kappa shape index (κ2) is 16.4. The molecular formula is C42H47ClN2O2. The van der Waals surface area contributed by atoms with E-state index in [4.69, 9.17) is 21.1 Å². The first kappa shape index (κ1) is 33.9. The molecule has 4 nitrogen and oxygen atoms in total. The van der Waals surface area contributed by atoms with Crippen LogP contribution in [0.4, 0.5) is 11.4 Å². The summed E-state index contributed by atoms with van der Waals surface area (Å²) < 4.78 is 11.2. The molecule has 0 aliphatic rings. The van der Waals surface area contributed by atoms with Crippen molar-refractivity contribution in [3.63, 3.8) is 0 Å². The quantitative estimate of drug-likeness (QED) is 0.113. The summed E-state index contributed by atoms with van der Waals surface area (Å²) in [6.07, 6.45) is 0.918. The van der Waals surface area contributed by atoms with E-state index in [-0.39, 0.29) is 0 Å². The van der Waals surface area contributed by atoms with Crippen molar-refractivity contribution in [1.29, 1.82) is 0 Å². The summed E-state index contributed by atoms with van der Waals surface area (Å²) in [6, 6.07) is 42.7. The predicted octanol–water partition coefficient (Wildman–Crippen LogP) is 10.6. The van der Waals surface area contributed by atoms with Gasteiger partial charge in [0.05, 0.1) is 14.2 Å². The predicted molar refractivity (Wildman–Crippen MR) is 199 cm³/mol. The number of ether oxygens (including phenoxy) is 2. The van der Waals surface area contributed by atoms with Crippen LogP contribution in [0.1, 0.15) is 37.5 Å². The van der Waals surface area contributed by atoms with Crippen molar-refractivity contribution in [3.05, 3.63) is 143 Å². The minimum Gasteiger partial charge on any atom is -0.497 e. The average molecular weight is 647 g/mol. The van der Waals surface area contributed by atoms with Gasteiger partial charge in [-0.1, -0.05) is 99.1 Å². The summed E-state index contributed by atoms with van der Waals surface area (Å²) in [4.78, 5) is 4.99. The molecule has 1 unspecified atom stereocenters. The molecule has 47 heavy (non-hydrogen) atoms. The molecule has 5 aromatic rings. The van der Waals surface area contributed by atoms with E-state index < -0.39 is 0 Å². The van der Waals surface area contributed by atoms with E-state index in [0.29, 0.717) is 11.8 Å². The number of methoxy groups -OCH3 is 2. The first-order valence-electron chi connectivity index (χ1n) is 16.5. The van der Waals surface area contributed by atoms with Gasteiger partial charge < -0.3 is 19.3 Å². The molecule has 1 atom stereocenters. The van der Waals surface area contributed by atoms with Crippen molar-refractivity contribution in [2.45, 2.75) is 40.3 Å². The Labute approximate surface area is 286 Å². The molecule has 5 aromatic carbocycles. The summed E-state index contributed by atoms with van der Waals surface area (Å²) in [6.45, 7) is 10.4. The van der Waals surface area contributed by atoms with E-state index in [2.05, 4.69) is 128 Å². The second-order valence-corrected chi connectivity index (χ2v) is 13.3. The Bertz CT molecular complexity index is 1670. The lowest BCUT2D eigenvalue weighted by molar-refractivity contribution is 0.413. The maximum Gasteiger partial charge on any atom is 0.119 e. The van der Waals surface area contributed by atoms with Gasteiger partial charge >= 0.3 is 0 Å². The highest BCUT2D eigenvalue weighted by atomic mass is 35.5. The van der Waals surface area contributed by atoms with E-state index in [1.54, 1.807) is 14.2 Å². The fraction of sp³-hybridized carbons (Fsp3) is 0.286. The molecule has 0 aliphatic heterocycles. The molecule has 244 valence electrons. The maximum atomic E-state index is 6.21. The van der Waals surface area contributed by atoms with Gasteiger partial charge in [-0.2, -0.15) is 0 Å². The summed E-state index contributed by atoms with van der Waals surface area (Å²) >= 11 is 6.21. The van der Waals surface area contributed by atoms with E-state index in [0.717, 1.165) is 49.1 Å². The Morgan fingerprint density at radius 2 is 1.17 bits per heavy atom. The molecular weight excluding hydrogens is 600 g/mol. The molecule has 0 amide bonds. The summed E-state index contributed by atoms with van der Waals surface area (Å²) in [5, 5.41) is 0.752. The molecule has 0 spiro atoms. The SMILES string of the molecule is COc1ccc(N(Cc2ccc(Cl)cc2)CC(C)Cc2cc(OC)ccc2N(Cc2ccc(-c3ccccc3)cc2)CC(C)C)cc1. The van der Waals surface area contributed by atoms with E-state index in [1.165, 1.54) is 39.2 Å². The third-order valence-corrected chi connectivity index (χ3v) is 8.72. The molecule has 0 saturated heterocycles. The normalized spacial score (nSPS) is 11.7. The fourth-order valence-electron chi connectivity index (χ4n) is 6.18. The highest BCUT2D eigenvalue weighted by molar-refractivity contribution is 6.30. The fourth-order valence-corrected chi connectivity index (χ4v) is 6.31. The van der Waals surface area contributed by atoms with Gasteiger partial charge in [-0.25, -0.2) is 0 Å². The molecule has 5 rings (SSSR count). The zero-order valence-electron chi connectivity index (χ0n) is 28.3. The zero-order chi connectivity index (χ0) is 33.2. The molecule has 0 heterocycles. The number of hydrogen-bond donors (Lipinski definition) is 0. The smallest absolute Gasteiger partial charge is 0.119 e. The van der Waals surface area contributed by atoms with Crippen molar-refractivity contribution in [2.75, 3.05) is 37.1 Å². The van der Waals surface area contributed by atoms with Gasteiger partial charge in [-0.3, -0.25) is 0 Å². The van der Waals surface area contributed by atoms with Crippen molar-refractivity contribution < 1.29 is 9.47 Å². The van der Waals surface area contributed by atoms with Crippen molar-refractivity contribution in [3.8, 4) is 22.6 Å². The number of nitrogens with zero attached hydrogens (tertiary/aromatic N) is 2. The van der Waals surface area contributed by atoms with Crippen molar-refractivity contribution >= 4 is 23.0 Å². The molecule has 0 fully saturated rings. The van der Waals surface area contributed by atoms with E-state index >= 15 is 0 Å². The number of rotatable bonds is 15. The standard InChI is InChI=1S/C42H47ClN2O2/c1-31(2)27-45(30-33-11-15-36(16-12-33)35-9-7-6-8-10-35)42-24-23-41(47-5)26-37(42)25-32(3)28-44(29-34-13-17-38(43)18-14-34)39-19-21-40(46-4)22-20-39/h6-24,26,31-32H,25,27-30H2,1-5H3. The first-order chi connectivity index (χ1) is 22.8. The largest absolute Gasteiger partial charge is 0.497 e. The highest BCUT2D eigenvalue weighted by Gasteiger charge is 2.19. The highest BCUT2D eigenvalue weighted by Crippen LogP contribution is 2.32. The van der Waals surface area contributed by atoms with Crippen LogP contribution >= 0.6 is 11.6 Å². The Kier molecular flexibility index (Phi) is 11.9. The minimum atomic E-state index is 0.362. The van der Waals surface area contributed by atoms with Gasteiger partial charge in [-0.15, -0.1) is 0 Å². The van der Waals surface area contributed by atoms with Crippen LogP contribution in [0.15, 0.2) is 121 Å². The number of anilines is 2. The van der Waals surface area contributed by atoms with Crippen LogP contribution < -0.4 is 19.3 Å². The number of hydrogen-bond acceptors (Lipinski definition) is 4. The van der Waals surface area contributed by atoms with Gasteiger partial charge in [0.1, 0.15) is 11.5 Å². The summed E-state index contributed by atoms with van der Waals surface area (Å²) in [5.74, 6) is 2.62. The van der Waals surface area contributed by atoms with Crippen LogP contribution in [0.25, 0.3) is 11.1 Å². The topological polar surface area (TPSA) is 24.9 Å². The van der Waals surface area contributed by atoms with Gasteiger partial charge in [0.2, 0.25) is 0 Å². The Morgan fingerprint density at radius 3 is 1.79 bits per heavy atom. The summed E-state index contributed by atoms with van der Waals surface area (Å²) in [7, 11) is 3.45. The van der Waals surface area contributed by atoms with Crippen molar-refractivity contribution in [1.82, 2.24) is 0 Å². The monoisotopic (exact) mass is 646 g/mol. The lowest BCUT2D eigenvalue weighted by atomic mass is 9.96. The maximum absolute atomic E-state index is 6.21. The third-order valence-electron chi connectivity index (χ3n) is 8.47. The van der Waals surface area contributed by atoms with Crippen LogP contribution in [0.2, 0.25) is 5.02 Å². The lowest BCUT2D eigenvalue weighted by Crippen LogP contribution is -2.30. The molecule has 5 heteroatoms.